The third kappa shape index (κ3) is 7.45. The number of aryl methyl sites for hydroxylation is 2. The molecule has 6 heteroatoms. The Morgan fingerprint density at radius 3 is 2.67 bits per heavy atom. The quantitative estimate of drug-likeness (QED) is 0.265. The predicted molar refractivity (Wildman–Crippen MR) is 165 cm³/mol. The van der Waals surface area contributed by atoms with Crippen LogP contribution >= 0.6 is 0 Å². The van der Waals surface area contributed by atoms with Crippen molar-refractivity contribution in [1.82, 2.24) is 9.55 Å². The highest BCUT2D eigenvalue weighted by atomic mass is 16.5. The number of hydrogen-bond donors (Lipinski definition) is 0. The number of ether oxygens (including phenoxy) is 1. The van der Waals surface area contributed by atoms with Gasteiger partial charge in [-0.3, -0.25) is 9.36 Å². The molecule has 0 N–H and O–H groups in total. The lowest BCUT2D eigenvalue weighted by Gasteiger charge is -2.17. The van der Waals surface area contributed by atoms with E-state index >= 15 is 0 Å². The van der Waals surface area contributed by atoms with Crippen molar-refractivity contribution < 1.29 is 4.74 Å². The molecule has 6 nitrogen and oxygen atoms in total. The van der Waals surface area contributed by atoms with Gasteiger partial charge in [-0.2, -0.15) is 5.26 Å². The van der Waals surface area contributed by atoms with Crippen LogP contribution in [0.3, 0.4) is 0 Å². The number of nitrogens with zero attached hydrogens (tertiary/aromatic N) is 4. The first-order valence-electron chi connectivity index (χ1n) is 14.1. The monoisotopic (exact) mass is 536 g/mol. The molecule has 0 bridgehead atoms. The van der Waals surface area contributed by atoms with Gasteiger partial charge in [0.1, 0.15) is 5.82 Å². The molecule has 0 saturated heterocycles. The van der Waals surface area contributed by atoms with Gasteiger partial charge in [-0.1, -0.05) is 69.9 Å². The summed E-state index contributed by atoms with van der Waals surface area (Å²) in [6.07, 6.45) is 15.3. The Labute approximate surface area is 238 Å². The molecule has 0 radical (unpaired) electrons. The van der Waals surface area contributed by atoms with E-state index in [1.165, 1.54) is 0 Å². The van der Waals surface area contributed by atoms with Crippen molar-refractivity contribution >= 4 is 17.4 Å². The van der Waals surface area contributed by atoms with Gasteiger partial charge >= 0.3 is 0 Å². The third-order valence-electron chi connectivity index (χ3n) is 6.81. The summed E-state index contributed by atoms with van der Waals surface area (Å²) < 4.78 is 7.65. The van der Waals surface area contributed by atoms with Crippen molar-refractivity contribution in [2.75, 3.05) is 0 Å². The van der Waals surface area contributed by atoms with Crippen LogP contribution in [-0.2, 0) is 24.1 Å². The van der Waals surface area contributed by atoms with Gasteiger partial charge in [0.25, 0.3) is 5.56 Å². The first kappa shape index (κ1) is 30.3. The minimum Gasteiger partial charge on any atom is -0.475 e. The highest BCUT2D eigenvalue weighted by molar-refractivity contribution is 6.10. The molecular weight excluding hydrogens is 496 g/mol. The summed E-state index contributed by atoms with van der Waals surface area (Å²) in [7, 11) is 0. The number of allylic oxidation sites excluding steroid dienone is 8. The van der Waals surface area contributed by atoms with E-state index in [2.05, 4.69) is 31.5 Å². The molecule has 0 fully saturated rings. The van der Waals surface area contributed by atoms with E-state index < -0.39 is 0 Å². The molecule has 2 aromatic rings. The molecule has 1 aromatic heterocycles. The van der Waals surface area contributed by atoms with Gasteiger partial charge in [0.05, 0.1) is 35.5 Å². The van der Waals surface area contributed by atoms with E-state index in [4.69, 9.17) is 9.72 Å². The molecule has 0 saturated carbocycles. The van der Waals surface area contributed by atoms with E-state index in [0.717, 1.165) is 46.6 Å². The van der Waals surface area contributed by atoms with Gasteiger partial charge in [0.2, 0.25) is 5.88 Å². The second kappa shape index (κ2) is 14.8. The number of hydrogen-bond acceptors (Lipinski definition) is 5. The molecule has 1 atom stereocenters. The molecule has 3 rings (SSSR count). The van der Waals surface area contributed by atoms with Crippen LogP contribution in [0.15, 0.2) is 82.5 Å². The van der Waals surface area contributed by atoms with Crippen molar-refractivity contribution in [2.24, 2.45) is 4.99 Å². The van der Waals surface area contributed by atoms with Crippen LogP contribution < -0.4 is 5.56 Å². The SMILES string of the molecule is C=C(/C=C\C(=C/C)c1ccccc1C#N)Cn1c(CCC)nc(CC)c(C2=CCC=C(OC(C)CC)N=C2)c1=O. The summed E-state index contributed by atoms with van der Waals surface area (Å²) in [5.41, 5.74) is 5.19. The normalized spacial score (nSPS) is 14.3. The topological polar surface area (TPSA) is 80.3 Å². The zero-order chi connectivity index (χ0) is 29.1. The summed E-state index contributed by atoms with van der Waals surface area (Å²) in [6.45, 7) is 14.7. The fraction of sp³-hybridized carbons (Fsp3) is 0.353. The lowest BCUT2D eigenvalue weighted by atomic mass is 9.99. The zero-order valence-electron chi connectivity index (χ0n) is 24.4. The summed E-state index contributed by atoms with van der Waals surface area (Å²) >= 11 is 0. The lowest BCUT2D eigenvalue weighted by Crippen LogP contribution is -2.30. The molecule has 208 valence electrons. The van der Waals surface area contributed by atoms with Crippen LogP contribution in [0.25, 0.3) is 11.1 Å². The summed E-state index contributed by atoms with van der Waals surface area (Å²) in [6, 6.07) is 9.77. The molecule has 1 aliphatic rings. The lowest BCUT2D eigenvalue weighted by molar-refractivity contribution is 0.126. The second-order valence-electron chi connectivity index (χ2n) is 9.77. The van der Waals surface area contributed by atoms with Gasteiger partial charge < -0.3 is 4.74 Å². The smallest absolute Gasteiger partial charge is 0.262 e. The van der Waals surface area contributed by atoms with Crippen LogP contribution in [0.5, 0.6) is 0 Å². The average Bonchev–Trinajstić information content (AvgIpc) is 3.20. The molecule has 0 aliphatic carbocycles. The van der Waals surface area contributed by atoms with E-state index in [0.29, 0.717) is 42.8 Å². The number of aromatic nitrogens is 2. The Morgan fingerprint density at radius 2 is 2.00 bits per heavy atom. The van der Waals surface area contributed by atoms with Gasteiger partial charge in [0, 0.05) is 18.2 Å². The molecule has 40 heavy (non-hydrogen) atoms. The molecular formula is C34H40N4O2. The van der Waals surface area contributed by atoms with Crippen LogP contribution in [-0.4, -0.2) is 21.9 Å². The number of benzene rings is 1. The van der Waals surface area contributed by atoms with E-state index in [-0.39, 0.29) is 11.7 Å². The Morgan fingerprint density at radius 1 is 1.23 bits per heavy atom. The van der Waals surface area contributed by atoms with Gasteiger partial charge in [0.15, 0.2) is 0 Å². The van der Waals surface area contributed by atoms with Crippen LogP contribution in [0.2, 0.25) is 0 Å². The Balaban J connectivity index is 1.96. The highest BCUT2D eigenvalue weighted by Gasteiger charge is 2.19. The maximum Gasteiger partial charge on any atom is 0.262 e. The fourth-order valence-corrected chi connectivity index (χ4v) is 4.47. The minimum absolute atomic E-state index is 0.0684. The zero-order valence-corrected chi connectivity index (χ0v) is 24.4. The highest BCUT2D eigenvalue weighted by Crippen LogP contribution is 2.22. The molecule has 0 spiro atoms. The first-order valence-corrected chi connectivity index (χ1v) is 14.1. The Kier molecular flexibility index (Phi) is 11.2. The van der Waals surface area contributed by atoms with Crippen LogP contribution in [0, 0.1) is 11.3 Å². The molecule has 1 aromatic carbocycles. The van der Waals surface area contributed by atoms with Crippen molar-refractivity contribution in [3.05, 3.63) is 111 Å². The largest absolute Gasteiger partial charge is 0.475 e. The molecule has 1 aliphatic heterocycles. The van der Waals surface area contributed by atoms with Crippen molar-refractivity contribution in [2.45, 2.75) is 79.4 Å². The summed E-state index contributed by atoms with van der Waals surface area (Å²) in [5, 5.41) is 9.52. The van der Waals surface area contributed by atoms with E-state index in [1.807, 2.05) is 69.4 Å². The third-order valence-corrected chi connectivity index (χ3v) is 6.81. The summed E-state index contributed by atoms with van der Waals surface area (Å²) in [4.78, 5) is 23.6. The Hall–Kier alpha value is -4.24. The maximum atomic E-state index is 14.1. The van der Waals surface area contributed by atoms with Crippen molar-refractivity contribution in [3.63, 3.8) is 0 Å². The molecule has 0 amide bonds. The maximum absolute atomic E-state index is 14.1. The predicted octanol–water partition coefficient (Wildman–Crippen LogP) is 7.36. The molecule has 1 unspecified atom stereocenters. The second-order valence-corrected chi connectivity index (χ2v) is 9.77. The number of nitriles is 1. The average molecular weight is 537 g/mol. The Bertz CT molecular complexity index is 1480. The standard InChI is InChI=1S/C34H40N4O2/c1-7-14-31-37-30(10-4)33(28-16-13-18-32(36-22-28)40-25(6)8-2)34(39)38(31)23-24(5)19-20-26(9-3)29-17-12-11-15-27(29)21-35/h9,11-12,15-20,22,25H,5,7-8,10,13-14,23H2,1-4,6H3/b20-19-,26-9+. The number of aliphatic imine (C=N–C) groups is 1. The van der Waals surface area contributed by atoms with Gasteiger partial charge in [-0.15, -0.1) is 0 Å². The summed E-state index contributed by atoms with van der Waals surface area (Å²) in [5.74, 6) is 1.33. The first-order chi connectivity index (χ1) is 19.4. The molecule has 2 heterocycles. The van der Waals surface area contributed by atoms with Crippen molar-refractivity contribution in [1.29, 1.82) is 5.26 Å². The minimum atomic E-state index is -0.0880. The van der Waals surface area contributed by atoms with E-state index in [9.17, 15) is 10.1 Å². The van der Waals surface area contributed by atoms with E-state index in [1.54, 1.807) is 16.8 Å². The van der Waals surface area contributed by atoms with Crippen molar-refractivity contribution in [3.8, 4) is 6.07 Å². The fourth-order valence-electron chi connectivity index (χ4n) is 4.47. The van der Waals surface area contributed by atoms with Gasteiger partial charge in [-0.25, -0.2) is 9.98 Å². The number of rotatable bonds is 12. The van der Waals surface area contributed by atoms with Crippen LogP contribution in [0.1, 0.15) is 82.1 Å². The van der Waals surface area contributed by atoms with Crippen LogP contribution in [0.4, 0.5) is 0 Å². The van der Waals surface area contributed by atoms with Gasteiger partial charge in [-0.05, 0) is 68.4 Å².